The predicted octanol–water partition coefficient (Wildman–Crippen LogP) is 0.207. The van der Waals surface area contributed by atoms with E-state index in [1.807, 2.05) is 6.92 Å². The van der Waals surface area contributed by atoms with E-state index in [0.717, 1.165) is 25.7 Å². The van der Waals surface area contributed by atoms with E-state index in [0.29, 0.717) is 19.4 Å². The lowest BCUT2D eigenvalue weighted by Crippen LogP contribution is -2.42. The molecule has 5 N–H and O–H groups in total. The minimum atomic E-state index is -0.657. The van der Waals surface area contributed by atoms with Crippen LogP contribution in [0.15, 0.2) is 0 Å². The number of amides is 1. The Morgan fingerprint density at radius 2 is 2.00 bits per heavy atom. The summed E-state index contributed by atoms with van der Waals surface area (Å²) in [4.78, 5) is 27.0. The van der Waals surface area contributed by atoms with Gasteiger partial charge in [-0.3, -0.25) is 4.79 Å². The Labute approximate surface area is 102 Å². The van der Waals surface area contributed by atoms with Gasteiger partial charge >= 0.3 is 5.97 Å². The van der Waals surface area contributed by atoms with Crippen LogP contribution in [0.25, 0.3) is 0 Å². The largest absolute Gasteiger partial charge is 0.372 e. The van der Waals surface area contributed by atoms with Gasteiger partial charge in [-0.05, 0) is 32.2 Å². The normalized spacial score (nSPS) is 11.9. The first-order valence-electron chi connectivity index (χ1n) is 6.05. The zero-order valence-electron chi connectivity index (χ0n) is 10.4. The molecule has 0 spiro atoms. The molecule has 0 aromatic heterocycles. The summed E-state index contributed by atoms with van der Waals surface area (Å²) in [6.45, 7) is 2.56. The zero-order chi connectivity index (χ0) is 13.1. The highest BCUT2D eigenvalue weighted by Gasteiger charge is 2.20. The van der Waals surface area contributed by atoms with Gasteiger partial charge in [0.2, 0.25) is 5.91 Å². The third-order valence-electron chi connectivity index (χ3n) is 2.44. The number of carbonyl (C=O) groups excluding carboxylic acids is 2. The fourth-order valence-electron chi connectivity index (χ4n) is 1.43. The molecule has 0 saturated heterocycles. The highest BCUT2D eigenvalue weighted by molar-refractivity contribution is 5.84. The van der Waals surface area contributed by atoms with Gasteiger partial charge in [-0.1, -0.05) is 13.3 Å². The van der Waals surface area contributed by atoms with Crippen molar-refractivity contribution < 1.29 is 14.4 Å². The summed E-state index contributed by atoms with van der Waals surface area (Å²) in [5, 5.41) is 2.63. The van der Waals surface area contributed by atoms with Crippen LogP contribution in [-0.2, 0) is 14.4 Å². The maximum Gasteiger partial charge on any atom is 0.347 e. The Hall–Kier alpha value is -1.14. The number of hydrogen-bond donors (Lipinski definition) is 3. The minimum absolute atomic E-state index is 0.144. The highest BCUT2D eigenvalue weighted by Crippen LogP contribution is 2.03. The molecule has 0 aromatic carbocycles. The number of carbonyl (C=O) groups is 2. The van der Waals surface area contributed by atoms with Gasteiger partial charge in [0.25, 0.3) is 0 Å². The van der Waals surface area contributed by atoms with E-state index >= 15 is 0 Å². The maximum absolute atomic E-state index is 11.5. The molecule has 0 unspecified atom stereocenters. The summed E-state index contributed by atoms with van der Waals surface area (Å²) < 4.78 is 0. The molecule has 1 amide bonds. The van der Waals surface area contributed by atoms with E-state index < -0.39 is 12.0 Å². The van der Waals surface area contributed by atoms with E-state index in [1.165, 1.54) is 0 Å². The second kappa shape index (κ2) is 10.0. The Balaban J connectivity index is 4.08. The number of nitrogens with one attached hydrogen (secondary N) is 1. The molecule has 0 fully saturated rings. The molecule has 6 nitrogen and oxygen atoms in total. The van der Waals surface area contributed by atoms with Crippen molar-refractivity contribution in [1.29, 1.82) is 0 Å². The molecule has 0 heterocycles. The van der Waals surface area contributed by atoms with Crippen molar-refractivity contribution in [1.82, 2.24) is 5.32 Å². The number of hydrogen-bond acceptors (Lipinski definition) is 5. The van der Waals surface area contributed by atoms with Gasteiger partial charge in [0, 0.05) is 6.42 Å². The molecule has 100 valence electrons. The highest BCUT2D eigenvalue weighted by atomic mass is 16.7. The zero-order valence-corrected chi connectivity index (χ0v) is 10.4. The first kappa shape index (κ1) is 15.9. The van der Waals surface area contributed by atoms with Crippen molar-refractivity contribution in [3.8, 4) is 0 Å². The number of rotatable bonds is 9. The van der Waals surface area contributed by atoms with E-state index in [4.69, 9.17) is 11.6 Å². The average Bonchev–Trinajstić information content (AvgIpc) is 2.34. The Morgan fingerprint density at radius 3 is 2.53 bits per heavy atom. The van der Waals surface area contributed by atoms with E-state index in [9.17, 15) is 9.59 Å². The number of nitrogens with two attached hydrogens (primary N) is 2. The lowest BCUT2D eigenvalue weighted by atomic mass is 10.1. The molecule has 0 aromatic rings. The van der Waals surface area contributed by atoms with Crippen molar-refractivity contribution in [2.75, 3.05) is 6.54 Å². The van der Waals surface area contributed by atoms with Gasteiger partial charge in [-0.15, -0.1) is 0 Å². The molecule has 0 bridgehead atoms. The summed E-state index contributed by atoms with van der Waals surface area (Å²) in [7, 11) is 0. The molecule has 6 heteroatoms. The summed E-state index contributed by atoms with van der Waals surface area (Å²) in [6, 6.07) is -0.657. The Kier molecular flexibility index (Phi) is 9.37. The Bertz CT molecular complexity index is 234. The van der Waals surface area contributed by atoms with Gasteiger partial charge in [0.15, 0.2) is 0 Å². The van der Waals surface area contributed by atoms with Crippen LogP contribution in [0.5, 0.6) is 0 Å². The van der Waals surface area contributed by atoms with Crippen molar-refractivity contribution in [3.05, 3.63) is 0 Å². The minimum Gasteiger partial charge on any atom is -0.372 e. The van der Waals surface area contributed by atoms with Gasteiger partial charge < -0.3 is 15.9 Å². The first-order chi connectivity index (χ1) is 8.15. The molecule has 0 aliphatic heterocycles. The van der Waals surface area contributed by atoms with Gasteiger partial charge in [-0.2, -0.15) is 5.90 Å². The van der Waals surface area contributed by atoms with Gasteiger partial charge in [0.05, 0.1) is 0 Å². The second-order valence-electron chi connectivity index (χ2n) is 3.94. The first-order valence-corrected chi connectivity index (χ1v) is 6.05. The average molecular weight is 245 g/mol. The molecule has 0 aliphatic carbocycles. The lowest BCUT2D eigenvalue weighted by Gasteiger charge is -2.15. The van der Waals surface area contributed by atoms with Crippen molar-refractivity contribution >= 4 is 11.9 Å². The van der Waals surface area contributed by atoms with Crippen LogP contribution in [0.4, 0.5) is 0 Å². The van der Waals surface area contributed by atoms with Gasteiger partial charge in [0.1, 0.15) is 6.04 Å². The molecule has 17 heavy (non-hydrogen) atoms. The summed E-state index contributed by atoms with van der Waals surface area (Å²) in [6.07, 6.45) is 4.22. The molecular formula is C11H23N3O3. The topological polar surface area (TPSA) is 107 Å². The third-order valence-corrected chi connectivity index (χ3v) is 2.44. The van der Waals surface area contributed by atoms with Crippen LogP contribution < -0.4 is 16.9 Å². The quantitative estimate of drug-likeness (QED) is 0.397. The van der Waals surface area contributed by atoms with Crippen molar-refractivity contribution in [2.45, 2.75) is 51.5 Å². The standard InChI is InChI=1S/C11H23N3O3/c1-2-3-7-10(15)14-9(11(16)17-13)6-4-5-8-12/h9H,2-8,12-13H2,1H3,(H,14,15)/t9-/m0/s1. The molecule has 1 atom stereocenters. The van der Waals surface area contributed by atoms with E-state index in [-0.39, 0.29) is 5.91 Å². The van der Waals surface area contributed by atoms with E-state index in [2.05, 4.69) is 10.2 Å². The monoisotopic (exact) mass is 245 g/mol. The molecule has 0 saturated carbocycles. The fourth-order valence-corrected chi connectivity index (χ4v) is 1.43. The van der Waals surface area contributed by atoms with Crippen molar-refractivity contribution in [3.63, 3.8) is 0 Å². The summed E-state index contributed by atoms with van der Waals surface area (Å²) >= 11 is 0. The lowest BCUT2D eigenvalue weighted by molar-refractivity contribution is -0.148. The second-order valence-corrected chi connectivity index (χ2v) is 3.94. The van der Waals surface area contributed by atoms with Crippen LogP contribution in [-0.4, -0.2) is 24.5 Å². The maximum atomic E-state index is 11.5. The van der Waals surface area contributed by atoms with Crippen LogP contribution in [0.3, 0.4) is 0 Å². The molecule has 0 radical (unpaired) electrons. The predicted molar refractivity (Wildman–Crippen MR) is 64.6 cm³/mol. The van der Waals surface area contributed by atoms with Crippen LogP contribution in [0.2, 0.25) is 0 Å². The summed E-state index contributed by atoms with van der Waals surface area (Å²) in [5.74, 6) is 4.08. The van der Waals surface area contributed by atoms with Crippen LogP contribution in [0, 0.1) is 0 Å². The van der Waals surface area contributed by atoms with Crippen LogP contribution in [0.1, 0.15) is 45.4 Å². The molecule has 0 aliphatic rings. The van der Waals surface area contributed by atoms with Gasteiger partial charge in [-0.25, -0.2) is 4.79 Å². The molecular weight excluding hydrogens is 222 g/mol. The molecule has 0 rings (SSSR count). The van der Waals surface area contributed by atoms with E-state index in [1.54, 1.807) is 0 Å². The third kappa shape index (κ3) is 7.70. The smallest absolute Gasteiger partial charge is 0.347 e. The van der Waals surface area contributed by atoms with Crippen LogP contribution >= 0.6 is 0 Å². The SMILES string of the molecule is CCCCC(=O)N[C@@H](CCCCN)C(=O)ON. The Morgan fingerprint density at radius 1 is 1.29 bits per heavy atom. The number of unbranched alkanes of at least 4 members (excludes halogenated alkanes) is 2. The van der Waals surface area contributed by atoms with Crippen molar-refractivity contribution in [2.24, 2.45) is 11.6 Å². The summed E-state index contributed by atoms with van der Waals surface area (Å²) in [5.41, 5.74) is 5.36. The fraction of sp³-hybridized carbons (Fsp3) is 0.818.